The van der Waals surface area contributed by atoms with Crippen LogP contribution < -0.4 is 0 Å². The number of esters is 1. The number of hydrogen-bond donors (Lipinski definition) is 0. The summed E-state index contributed by atoms with van der Waals surface area (Å²) in [6.45, 7) is 7.00. The van der Waals surface area contributed by atoms with Crippen LogP contribution in [0.3, 0.4) is 0 Å². The molecular formula is C15H19N3O2. The summed E-state index contributed by atoms with van der Waals surface area (Å²) in [4.78, 5) is 12.0. The number of carbonyl (C=O) groups excluding carboxylic acids is 1. The highest BCUT2D eigenvalue weighted by molar-refractivity contribution is 5.94. The Morgan fingerprint density at radius 3 is 2.60 bits per heavy atom. The molecule has 0 saturated carbocycles. The Kier molecular flexibility index (Phi) is 4.50. The van der Waals surface area contributed by atoms with Gasteiger partial charge in [0.1, 0.15) is 5.69 Å². The molecule has 2 aromatic rings. The van der Waals surface area contributed by atoms with Gasteiger partial charge in [0.05, 0.1) is 6.61 Å². The van der Waals surface area contributed by atoms with Crippen molar-refractivity contribution in [3.05, 3.63) is 36.0 Å². The predicted octanol–water partition coefficient (Wildman–Crippen LogP) is 2.78. The van der Waals surface area contributed by atoms with Gasteiger partial charge in [-0.15, -0.1) is 5.10 Å². The van der Waals surface area contributed by atoms with Gasteiger partial charge < -0.3 is 4.74 Å². The van der Waals surface area contributed by atoms with Crippen molar-refractivity contribution >= 4 is 5.97 Å². The second-order valence-electron chi connectivity index (χ2n) is 4.95. The van der Waals surface area contributed by atoms with Crippen molar-refractivity contribution in [2.75, 3.05) is 6.61 Å². The molecule has 1 aromatic carbocycles. The molecule has 0 aliphatic heterocycles. The molecule has 0 aliphatic carbocycles. The van der Waals surface area contributed by atoms with E-state index in [0.29, 0.717) is 19.1 Å². The SMILES string of the molecule is CCOC(=O)c1nnn(CC(C)C)c1-c1ccccc1. The zero-order chi connectivity index (χ0) is 14.5. The molecule has 0 spiro atoms. The van der Waals surface area contributed by atoms with Crippen molar-refractivity contribution in [3.63, 3.8) is 0 Å². The molecule has 0 bridgehead atoms. The number of carbonyl (C=O) groups is 1. The Labute approximate surface area is 118 Å². The van der Waals surface area contributed by atoms with Gasteiger partial charge in [-0.25, -0.2) is 9.48 Å². The Bertz CT molecular complexity index is 576. The third-order valence-corrected chi connectivity index (χ3v) is 2.79. The summed E-state index contributed by atoms with van der Waals surface area (Å²) in [7, 11) is 0. The lowest BCUT2D eigenvalue weighted by Crippen LogP contribution is -2.10. The first kappa shape index (κ1) is 14.2. The normalized spacial score (nSPS) is 10.8. The first-order chi connectivity index (χ1) is 9.63. The molecule has 0 N–H and O–H groups in total. The lowest BCUT2D eigenvalue weighted by atomic mass is 10.1. The van der Waals surface area contributed by atoms with E-state index in [-0.39, 0.29) is 5.69 Å². The zero-order valence-electron chi connectivity index (χ0n) is 12.0. The van der Waals surface area contributed by atoms with E-state index >= 15 is 0 Å². The molecule has 0 radical (unpaired) electrons. The van der Waals surface area contributed by atoms with E-state index in [1.165, 1.54) is 0 Å². The quantitative estimate of drug-likeness (QED) is 0.786. The summed E-state index contributed by atoms with van der Waals surface area (Å²) < 4.78 is 6.82. The summed E-state index contributed by atoms with van der Waals surface area (Å²) in [5, 5.41) is 8.10. The fourth-order valence-electron chi connectivity index (χ4n) is 2.01. The van der Waals surface area contributed by atoms with Crippen molar-refractivity contribution in [1.82, 2.24) is 15.0 Å². The number of benzene rings is 1. The van der Waals surface area contributed by atoms with E-state index in [0.717, 1.165) is 11.3 Å². The topological polar surface area (TPSA) is 57.0 Å². The van der Waals surface area contributed by atoms with E-state index in [9.17, 15) is 4.79 Å². The highest BCUT2D eigenvalue weighted by Crippen LogP contribution is 2.23. The number of rotatable bonds is 5. The molecule has 106 valence electrons. The predicted molar refractivity (Wildman–Crippen MR) is 76.3 cm³/mol. The highest BCUT2D eigenvalue weighted by Gasteiger charge is 2.22. The van der Waals surface area contributed by atoms with Crippen molar-refractivity contribution < 1.29 is 9.53 Å². The molecule has 0 fully saturated rings. The van der Waals surface area contributed by atoms with Crippen LogP contribution in [0.5, 0.6) is 0 Å². The lowest BCUT2D eigenvalue weighted by Gasteiger charge is -2.10. The molecule has 0 amide bonds. The van der Waals surface area contributed by atoms with Gasteiger partial charge in [-0.1, -0.05) is 49.4 Å². The van der Waals surface area contributed by atoms with Crippen LogP contribution in [0.2, 0.25) is 0 Å². The van der Waals surface area contributed by atoms with Gasteiger partial charge in [0.2, 0.25) is 0 Å². The van der Waals surface area contributed by atoms with Gasteiger partial charge >= 0.3 is 5.97 Å². The van der Waals surface area contributed by atoms with E-state index in [4.69, 9.17) is 4.74 Å². The van der Waals surface area contributed by atoms with E-state index in [1.54, 1.807) is 11.6 Å². The average Bonchev–Trinajstić information content (AvgIpc) is 2.83. The molecule has 1 aromatic heterocycles. The van der Waals surface area contributed by atoms with Crippen molar-refractivity contribution in [3.8, 4) is 11.3 Å². The van der Waals surface area contributed by atoms with Crippen LogP contribution in [0.4, 0.5) is 0 Å². The molecule has 0 unspecified atom stereocenters. The largest absolute Gasteiger partial charge is 0.461 e. The standard InChI is InChI=1S/C15H19N3O2/c1-4-20-15(19)13-14(12-8-6-5-7-9-12)18(17-16-13)10-11(2)3/h5-9,11H,4,10H2,1-3H3. The second kappa shape index (κ2) is 6.32. The number of hydrogen-bond acceptors (Lipinski definition) is 4. The van der Waals surface area contributed by atoms with Crippen LogP contribution in [0, 0.1) is 5.92 Å². The summed E-state index contributed by atoms with van der Waals surface area (Å²) >= 11 is 0. The summed E-state index contributed by atoms with van der Waals surface area (Å²) in [6, 6.07) is 9.68. The van der Waals surface area contributed by atoms with Crippen LogP contribution in [0.1, 0.15) is 31.3 Å². The molecule has 20 heavy (non-hydrogen) atoms. The average molecular weight is 273 g/mol. The maximum atomic E-state index is 12.0. The fraction of sp³-hybridized carbons (Fsp3) is 0.400. The molecule has 5 nitrogen and oxygen atoms in total. The van der Waals surface area contributed by atoms with Gasteiger partial charge in [0.25, 0.3) is 0 Å². The van der Waals surface area contributed by atoms with Crippen LogP contribution in [-0.4, -0.2) is 27.6 Å². The van der Waals surface area contributed by atoms with Gasteiger partial charge in [-0.2, -0.15) is 0 Å². The van der Waals surface area contributed by atoms with Gasteiger partial charge in [0, 0.05) is 12.1 Å². The first-order valence-electron chi connectivity index (χ1n) is 6.79. The van der Waals surface area contributed by atoms with Gasteiger partial charge in [-0.05, 0) is 12.8 Å². The summed E-state index contributed by atoms with van der Waals surface area (Å²) in [6.07, 6.45) is 0. The van der Waals surface area contributed by atoms with E-state index in [2.05, 4.69) is 24.2 Å². The molecule has 0 aliphatic rings. The molecule has 0 saturated heterocycles. The van der Waals surface area contributed by atoms with E-state index in [1.807, 2.05) is 30.3 Å². The Morgan fingerprint density at radius 2 is 2.00 bits per heavy atom. The minimum absolute atomic E-state index is 0.277. The fourth-order valence-corrected chi connectivity index (χ4v) is 2.01. The van der Waals surface area contributed by atoms with Crippen molar-refractivity contribution in [2.45, 2.75) is 27.3 Å². The smallest absolute Gasteiger partial charge is 0.361 e. The van der Waals surface area contributed by atoms with Gasteiger partial charge in [-0.3, -0.25) is 0 Å². The van der Waals surface area contributed by atoms with Crippen molar-refractivity contribution in [2.24, 2.45) is 5.92 Å². The van der Waals surface area contributed by atoms with Crippen LogP contribution in [0.15, 0.2) is 30.3 Å². The Hall–Kier alpha value is -2.17. The molecule has 1 heterocycles. The van der Waals surface area contributed by atoms with Crippen LogP contribution in [0.25, 0.3) is 11.3 Å². The second-order valence-corrected chi connectivity index (χ2v) is 4.95. The summed E-state index contributed by atoms with van der Waals surface area (Å²) in [5.41, 5.74) is 1.91. The zero-order valence-corrected chi connectivity index (χ0v) is 12.0. The maximum Gasteiger partial charge on any atom is 0.361 e. The Balaban J connectivity index is 2.48. The van der Waals surface area contributed by atoms with Crippen LogP contribution in [-0.2, 0) is 11.3 Å². The third kappa shape index (κ3) is 3.04. The minimum atomic E-state index is -0.429. The Morgan fingerprint density at radius 1 is 1.30 bits per heavy atom. The molecule has 0 atom stereocenters. The minimum Gasteiger partial charge on any atom is -0.461 e. The first-order valence-corrected chi connectivity index (χ1v) is 6.79. The number of nitrogens with zero attached hydrogens (tertiary/aromatic N) is 3. The maximum absolute atomic E-state index is 12.0. The number of aromatic nitrogens is 3. The highest BCUT2D eigenvalue weighted by atomic mass is 16.5. The number of ether oxygens (including phenoxy) is 1. The van der Waals surface area contributed by atoms with Crippen LogP contribution >= 0.6 is 0 Å². The lowest BCUT2D eigenvalue weighted by molar-refractivity contribution is 0.0520. The van der Waals surface area contributed by atoms with Gasteiger partial charge in [0.15, 0.2) is 5.69 Å². The molecule has 2 rings (SSSR count). The monoisotopic (exact) mass is 273 g/mol. The third-order valence-electron chi connectivity index (χ3n) is 2.79. The van der Waals surface area contributed by atoms with E-state index < -0.39 is 5.97 Å². The summed E-state index contributed by atoms with van der Waals surface area (Å²) in [5.74, 6) is -0.0180. The molecular weight excluding hydrogens is 254 g/mol. The molecule has 5 heteroatoms. The van der Waals surface area contributed by atoms with Crippen molar-refractivity contribution in [1.29, 1.82) is 0 Å².